The van der Waals surface area contributed by atoms with Crippen molar-refractivity contribution in [1.29, 1.82) is 0 Å². The van der Waals surface area contributed by atoms with E-state index in [1.165, 1.54) is 16.5 Å². The summed E-state index contributed by atoms with van der Waals surface area (Å²) in [6, 6.07) is 8.57. The molecule has 0 atom stereocenters. The summed E-state index contributed by atoms with van der Waals surface area (Å²) in [5.74, 6) is 3.28. The van der Waals surface area contributed by atoms with E-state index >= 15 is 0 Å². The van der Waals surface area contributed by atoms with Crippen molar-refractivity contribution in [2.24, 2.45) is 0 Å². The van der Waals surface area contributed by atoms with Gasteiger partial charge in [-0.1, -0.05) is 32.0 Å². The molecule has 0 bridgehead atoms. The van der Waals surface area contributed by atoms with Gasteiger partial charge in [-0.2, -0.15) is 15.0 Å². The number of hydrogen-bond acceptors (Lipinski definition) is 5. The van der Waals surface area contributed by atoms with Crippen molar-refractivity contribution in [3.8, 4) is 0 Å². The molecule has 4 rings (SSSR count). The number of aromatic amines is 1. The monoisotopic (exact) mass is 364 g/mol. The third-order valence-electron chi connectivity index (χ3n) is 5.38. The summed E-state index contributed by atoms with van der Waals surface area (Å²) in [7, 11) is 3.96. The Hall–Kier alpha value is -2.63. The molecule has 1 aliphatic rings. The number of aromatic nitrogens is 4. The molecule has 0 spiro atoms. The molecule has 0 unspecified atom stereocenters. The van der Waals surface area contributed by atoms with E-state index in [2.05, 4.69) is 59.2 Å². The molecule has 0 radical (unpaired) electrons. The summed E-state index contributed by atoms with van der Waals surface area (Å²) in [4.78, 5) is 21.7. The number of nitrogens with zero attached hydrogens (tertiary/aromatic N) is 5. The molecule has 1 saturated heterocycles. The van der Waals surface area contributed by atoms with Crippen LogP contribution in [0, 0.1) is 0 Å². The lowest BCUT2D eigenvalue weighted by molar-refractivity contribution is 0.500. The molecule has 27 heavy (non-hydrogen) atoms. The highest BCUT2D eigenvalue weighted by Gasteiger charge is 2.25. The normalized spacial score (nSPS) is 15.7. The van der Waals surface area contributed by atoms with E-state index in [4.69, 9.17) is 9.97 Å². The van der Waals surface area contributed by atoms with Gasteiger partial charge in [-0.25, -0.2) is 0 Å². The zero-order valence-electron chi connectivity index (χ0n) is 16.6. The first-order chi connectivity index (χ1) is 13.0. The smallest absolute Gasteiger partial charge is 0.230 e. The average molecular weight is 364 g/mol. The quantitative estimate of drug-likeness (QED) is 0.760. The second-order valence-corrected chi connectivity index (χ2v) is 7.89. The maximum atomic E-state index is 4.75. The summed E-state index contributed by atoms with van der Waals surface area (Å²) >= 11 is 0. The van der Waals surface area contributed by atoms with E-state index in [-0.39, 0.29) is 5.92 Å². The highest BCUT2D eigenvalue weighted by molar-refractivity contribution is 5.83. The largest absolute Gasteiger partial charge is 0.361 e. The van der Waals surface area contributed by atoms with Crippen molar-refractivity contribution in [3.05, 3.63) is 41.9 Å². The van der Waals surface area contributed by atoms with E-state index in [1.807, 2.05) is 19.0 Å². The van der Waals surface area contributed by atoms with Gasteiger partial charge in [0.1, 0.15) is 5.82 Å². The molecule has 3 heterocycles. The Morgan fingerprint density at radius 3 is 2.52 bits per heavy atom. The molecule has 6 heteroatoms. The van der Waals surface area contributed by atoms with Crippen LogP contribution in [-0.4, -0.2) is 47.1 Å². The molecule has 1 N–H and O–H groups in total. The van der Waals surface area contributed by atoms with Crippen LogP contribution in [0.2, 0.25) is 0 Å². The molecule has 0 amide bonds. The number of nitrogens with one attached hydrogen (secondary N) is 1. The van der Waals surface area contributed by atoms with E-state index in [0.29, 0.717) is 5.92 Å². The van der Waals surface area contributed by atoms with Crippen LogP contribution in [0.15, 0.2) is 30.5 Å². The molecule has 0 saturated carbocycles. The minimum Gasteiger partial charge on any atom is -0.361 e. The fourth-order valence-electron chi connectivity index (χ4n) is 3.79. The number of anilines is 2. The lowest BCUT2D eigenvalue weighted by atomic mass is 9.89. The van der Waals surface area contributed by atoms with Gasteiger partial charge in [-0.3, -0.25) is 0 Å². The van der Waals surface area contributed by atoms with Gasteiger partial charge in [0.2, 0.25) is 11.9 Å². The molecule has 2 aromatic heterocycles. The Bertz CT molecular complexity index is 895. The zero-order chi connectivity index (χ0) is 19.0. The van der Waals surface area contributed by atoms with E-state index in [0.717, 1.165) is 43.7 Å². The minimum atomic E-state index is 0.286. The number of piperidine rings is 1. The predicted octanol–water partition coefficient (Wildman–Crippen LogP) is 3.93. The highest BCUT2D eigenvalue weighted by atomic mass is 15.3. The number of benzene rings is 1. The summed E-state index contributed by atoms with van der Waals surface area (Å²) in [6.45, 7) is 6.20. The van der Waals surface area contributed by atoms with Crippen LogP contribution >= 0.6 is 0 Å². The van der Waals surface area contributed by atoms with E-state index in [9.17, 15) is 0 Å². The van der Waals surface area contributed by atoms with Crippen molar-refractivity contribution in [2.45, 2.75) is 38.5 Å². The molecule has 1 aliphatic heterocycles. The lowest BCUT2D eigenvalue weighted by Gasteiger charge is -2.32. The second-order valence-electron chi connectivity index (χ2n) is 7.89. The summed E-state index contributed by atoms with van der Waals surface area (Å²) in [5, 5.41) is 1.35. The van der Waals surface area contributed by atoms with Crippen LogP contribution in [0.4, 0.5) is 11.9 Å². The first-order valence-electron chi connectivity index (χ1n) is 9.77. The molecule has 3 aromatic rings. The van der Waals surface area contributed by atoms with Gasteiger partial charge in [-0.15, -0.1) is 0 Å². The number of rotatable bonds is 4. The molecular formula is C21H28N6. The summed E-state index contributed by atoms with van der Waals surface area (Å²) in [5.41, 5.74) is 2.67. The average Bonchev–Trinajstić information content (AvgIpc) is 3.12. The Morgan fingerprint density at radius 1 is 1.07 bits per heavy atom. The molecule has 1 aromatic carbocycles. The van der Waals surface area contributed by atoms with Gasteiger partial charge in [0.05, 0.1) is 0 Å². The van der Waals surface area contributed by atoms with Gasteiger partial charge in [0.25, 0.3) is 0 Å². The fourth-order valence-corrected chi connectivity index (χ4v) is 3.79. The van der Waals surface area contributed by atoms with Gasteiger partial charge in [-0.05, 0) is 30.4 Å². The molecule has 142 valence electrons. The van der Waals surface area contributed by atoms with Crippen LogP contribution in [0.5, 0.6) is 0 Å². The Kier molecular flexibility index (Phi) is 4.72. The van der Waals surface area contributed by atoms with Gasteiger partial charge >= 0.3 is 0 Å². The SMILES string of the molecule is CC(C)c1nc(N(C)C)nc(N2CCC(c3c[nH]c4ccccc34)CC2)n1. The van der Waals surface area contributed by atoms with Crippen molar-refractivity contribution in [1.82, 2.24) is 19.9 Å². The first-order valence-corrected chi connectivity index (χ1v) is 9.77. The van der Waals surface area contributed by atoms with Gasteiger partial charge < -0.3 is 14.8 Å². The highest BCUT2D eigenvalue weighted by Crippen LogP contribution is 2.34. The Labute approximate surface area is 160 Å². The minimum absolute atomic E-state index is 0.286. The van der Waals surface area contributed by atoms with E-state index in [1.54, 1.807) is 0 Å². The Balaban J connectivity index is 1.54. The lowest BCUT2D eigenvalue weighted by Crippen LogP contribution is -2.35. The maximum absolute atomic E-state index is 4.75. The maximum Gasteiger partial charge on any atom is 0.230 e. The molecule has 1 fully saturated rings. The zero-order valence-corrected chi connectivity index (χ0v) is 16.6. The van der Waals surface area contributed by atoms with Crippen LogP contribution in [0.3, 0.4) is 0 Å². The van der Waals surface area contributed by atoms with Crippen LogP contribution in [0.1, 0.15) is 49.9 Å². The van der Waals surface area contributed by atoms with Gasteiger partial charge in [0, 0.05) is 50.2 Å². The Morgan fingerprint density at radius 2 is 1.81 bits per heavy atom. The van der Waals surface area contributed by atoms with Crippen molar-refractivity contribution < 1.29 is 0 Å². The number of para-hydroxylation sites is 1. The van der Waals surface area contributed by atoms with Crippen LogP contribution < -0.4 is 9.80 Å². The van der Waals surface area contributed by atoms with Crippen molar-refractivity contribution >= 4 is 22.8 Å². The summed E-state index contributed by atoms with van der Waals surface area (Å²) < 4.78 is 0. The van der Waals surface area contributed by atoms with E-state index < -0.39 is 0 Å². The summed E-state index contributed by atoms with van der Waals surface area (Å²) in [6.07, 6.45) is 4.42. The number of hydrogen-bond donors (Lipinski definition) is 1. The third-order valence-corrected chi connectivity index (χ3v) is 5.38. The predicted molar refractivity (Wildman–Crippen MR) is 111 cm³/mol. The van der Waals surface area contributed by atoms with Crippen LogP contribution in [-0.2, 0) is 0 Å². The van der Waals surface area contributed by atoms with Crippen molar-refractivity contribution in [3.63, 3.8) is 0 Å². The molecule has 6 nitrogen and oxygen atoms in total. The van der Waals surface area contributed by atoms with Crippen LogP contribution in [0.25, 0.3) is 10.9 Å². The van der Waals surface area contributed by atoms with Gasteiger partial charge in [0.15, 0.2) is 0 Å². The fraction of sp³-hybridized carbons (Fsp3) is 0.476. The number of H-pyrrole nitrogens is 1. The third kappa shape index (κ3) is 3.48. The topological polar surface area (TPSA) is 60.9 Å². The molecular weight excluding hydrogens is 336 g/mol. The van der Waals surface area contributed by atoms with Crippen molar-refractivity contribution in [2.75, 3.05) is 37.0 Å². The second kappa shape index (κ2) is 7.18. The number of fused-ring (bicyclic) bond motifs is 1. The standard InChI is InChI=1S/C21H28N6/c1-14(2)19-23-20(26(3)4)25-21(24-19)27-11-9-15(10-12-27)17-13-22-18-8-6-5-7-16(17)18/h5-8,13-15,22H,9-12H2,1-4H3. The molecule has 0 aliphatic carbocycles. The first kappa shape index (κ1) is 17.8.